The van der Waals surface area contributed by atoms with Crippen molar-refractivity contribution in [3.63, 3.8) is 0 Å². The zero-order chi connectivity index (χ0) is 25.6. The average Bonchev–Trinajstić information content (AvgIpc) is 3.33. The van der Waals surface area contributed by atoms with Gasteiger partial charge in [0.25, 0.3) is 5.91 Å². The lowest BCUT2D eigenvalue weighted by Gasteiger charge is -2.08. The van der Waals surface area contributed by atoms with Gasteiger partial charge in [-0.1, -0.05) is 17.7 Å². The fourth-order valence-corrected chi connectivity index (χ4v) is 4.78. The molecule has 36 heavy (non-hydrogen) atoms. The highest BCUT2D eigenvalue weighted by molar-refractivity contribution is 7.90. The molecule has 0 aliphatic rings. The van der Waals surface area contributed by atoms with Crippen molar-refractivity contribution in [1.29, 1.82) is 0 Å². The van der Waals surface area contributed by atoms with Gasteiger partial charge in [-0.05, 0) is 67.1 Å². The Morgan fingerprint density at radius 1 is 1.11 bits per heavy atom. The third kappa shape index (κ3) is 4.48. The molecule has 0 fully saturated rings. The number of H-pyrrole nitrogens is 1. The molecule has 0 unspecified atom stereocenters. The summed E-state index contributed by atoms with van der Waals surface area (Å²) in [5, 5.41) is 19.0. The van der Waals surface area contributed by atoms with E-state index in [9.17, 15) is 18.3 Å². The van der Waals surface area contributed by atoms with Crippen LogP contribution < -0.4 is 0 Å². The van der Waals surface area contributed by atoms with Gasteiger partial charge in [0.05, 0.1) is 21.4 Å². The number of nitrogens with zero attached hydrogens (tertiary/aromatic N) is 4. The summed E-state index contributed by atoms with van der Waals surface area (Å²) >= 11 is 6.06. The predicted molar refractivity (Wildman–Crippen MR) is 138 cm³/mol. The van der Waals surface area contributed by atoms with Crippen molar-refractivity contribution in [3.05, 3.63) is 71.2 Å². The lowest BCUT2D eigenvalue weighted by atomic mass is 10.2. The molecule has 0 spiro atoms. The van der Waals surface area contributed by atoms with Crippen LogP contribution in [0.4, 0.5) is 5.69 Å². The molecular weight excluding hydrogens is 502 g/mol. The second-order valence-corrected chi connectivity index (χ2v) is 10.9. The minimum Gasteiger partial charge on any atom is -0.493 e. The normalized spacial score (nSPS) is 12.2. The topological polar surface area (TPSA) is 130 Å². The number of carbonyl (C=O) groups is 1. The van der Waals surface area contributed by atoms with Crippen LogP contribution >= 0.6 is 11.6 Å². The van der Waals surface area contributed by atoms with Crippen molar-refractivity contribution >= 4 is 55.0 Å². The van der Waals surface area contributed by atoms with Gasteiger partial charge < -0.3 is 14.7 Å². The second kappa shape index (κ2) is 8.89. The molecule has 5 aromatic rings. The molecule has 2 heterocycles. The first-order valence-corrected chi connectivity index (χ1v) is 13.1. The molecule has 0 aliphatic carbocycles. The van der Waals surface area contributed by atoms with Gasteiger partial charge in [-0.25, -0.2) is 13.4 Å². The molecule has 0 saturated heterocycles. The SMILES string of the molecule is Cc1ccc2c(c1)nc(-c1ccc(S(C)(=O)=O)cc1)n2CC(=O)N=Nc1c(O)[nH]c2ccc(Cl)cc12. The molecular formula is C25H20ClN5O4S. The summed E-state index contributed by atoms with van der Waals surface area (Å²) < 4.78 is 25.4. The maximum absolute atomic E-state index is 12.9. The number of hydrogen-bond acceptors (Lipinski definition) is 6. The Hall–Kier alpha value is -4.02. The minimum absolute atomic E-state index is 0.114. The Bertz CT molecular complexity index is 1790. The number of aromatic nitrogens is 3. The summed E-state index contributed by atoms with van der Waals surface area (Å²) in [5.41, 5.74) is 3.77. The van der Waals surface area contributed by atoms with Crippen molar-refractivity contribution < 1.29 is 18.3 Å². The largest absolute Gasteiger partial charge is 0.493 e. The lowest BCUT2D eigenvalue weighted by molar-refractivity contribution is -0.118. The zero-order valence-electron chi connectivity index (χ0n) is 19.2. The summed E-state index contributed by atoms with van der Waals surface area (Å²) in [6, 6.07) is 17.0. The van der Waals surface area contributed by atoms with E-state index in [1.54, 1.807) is 34.9 Å². The summed E-state index contributed by atoms with van der Waals surface area (Å²) in [5.74, 6) is -0.306. The van der Waals surface area contributed by atoms with Crippen LogP contribution in [0.2, 0.25) is 5.02 Å². The summed E-state index contributed by atoms with van der Waals surface area (Å²) in [6.45, 7) is 1.77. The minimum atomic E-state index is -3.35. The van der Waals surface area contributed by atoms with E-state index in [2.05, 4.69) is 15.2 Å². The Labute approximate surface area is 211 Å². The summed E-state index contributed by atoms with van der Waals surface area (Å²) in [6.07, 6.45) is 1.14. The number of azo groups is 1. The highest BCUT2D eigenvalue weighted by atomic mass is 35.5. The number of rotatable bonds is 5. The third-order valence-electron chi connectivity index (χ3n) is 5.71. The number of hydrogen-bond donors (Lipinski definition) is 2. The molecule has 1 amide bonds. The number of fused-ring (bicyclic) bond motifs is 2. The summed E-state index contributed by atoms with van der Waals surface area (Å²) in [7, 11) is -3.35. The van der Waals surface area contributed by atoms with Crippen molar-refractivity contribution in [2.24, 2.45) is 10.2 Å². The van der Waals surface area contributed by atoms with Crippen molar-refractivity contribution in [2.75, 3.05) is 6.26 Å². The first-order chi connectivity index (χ1) is 17.1. The van der Waals surface area contributed by atoms with Crippen LogP contribution in [0.5, 0.6) is 5.88 Å². The molecule has 2 N–H and O–H groups in total. The van der Waals surface area contributed by atoms with Crippen molar-refractivity contribution in [1.82, 2.24) is 14.5 Å². The van der Waals surface area contributed by atoms with E-state index in [1.807, 2.05) is 25.1 Å². The number of amides is 1. The molecule has 0 bridgehead atoms. The first-order valence-electron chi connectivity index (χ1n) is 10.8. The zero-order valence-corrected chi connectivity index (χ0v) is 20.8. The first kappa shape index (κ1) is 23.7. The average molecular weight is 522 g/mol. The number of benzene rings is 3. The fourth-order valence-electron chi connectivity index (χ4n) is 3.98. The van der Waals surface area contributed by atoms with Crippen LogP contribution in [0.15, 0.2) is 75.8 Å². The summed E-state index contributed by atoms with van der Waals surface area (Å²) in [4.78, 5) is 20.5. The number of nitrogens with one attached hydrogen (secondary N) is 1. The van der Waals surface area contributed by atoms with Crippen LogP contribution in [0.1, 0.15) is 5.56 Å². The van der Waals surface area contributed by atoms with Crippen LogP contribution in [-0.4, -0.2) is 40.2 Å². The van der Waals surface area contributed by atoms with E-state index in [4.69, 9.17) is 16.6 Å². The quantitative estimate of drug-likeness (QED) is 0.292. The molecule has 5 rings (SSSR count). The van der Waals surface area contributed by atoms with Gasteiger partial charge in [-0.2, -0.15) is 0 Å². The van der Waals surface area contributed by atoms with E-state index in [1.165, 1.54) is 12.1 Å². The second-order valence-electron chi connectivity index (χ2n) is 8.42. The molecule has 0 aliphatic heterocycles. The molecule has 0 radical (unpaired) electrons. The number of imidazole rings is 1. The highest BCUT2D eigenvalue weighted by Crippen LogP contribution is 2.37. The van der Waals surface area contributed by atoms with Crippen LogP contribution in [0.25, 0.3) is 33.3 Å². The predicted octanol–water partition coefficient (Wildman–Crippen LogP) is 5.57. The van der Waals surface area contributed by atoms with Gasteiger partial charge in [0.15, 0.2) is 15.5 Å². The number of halogens is 1. The van der Waals surface area contributed by atoms with Gasteiger partial charge in [0.2, 0.25) is 5.88 Å². The number of aryl methyl sites for hydroxylation is 1. The molecule has 11 heteroatoms. The van der Waals surface area contributed by atoms with Crippen LogP contribution in [0.3, 0.4) is 0 Å². The number of sulfone groups is 1. The van der Waals surface area contributed by atoms with E-state index in [0.717, 1.165) is 11.8 Å². The van der Waals surface area contributed by atoms with Gasteiger partial charge in [0, 0.05) is 22.2 Å². The van der Waals surface area contributed by atoms with Gasteiger partial charge in [0.1, 0.15) is 12.4 Å². The molecule has 0 saturated carbocycles. The lowest BCUT2D eigenvalue weighted by Crippen LogP contribution is -2.09. The van der Waals surface area contributed by atoms with E-state index < -0.39 is 15.7 Å². The van der Waals surface area contributed by atoms with Gasteiger partial charge >= 0.3 is 0 Å². The molecule has 2 aromatic heterocycles. The van der Waals surface area contributed by atoms with Gasteiger partial charge in [-0.15, -0.1) is 10.2 Å². The van der Waals surface area contributed by atoms with Crippen LogP contribution in [0, 0.1) is 6.92 Å². The Balaban J connectivity index is 1.52. The maximum atomic E-state index is 12.9. The molecule has 182 valence electrons. The standard InChI is InChI=1S/C25H20ClN5O4S/c1-14-3-10-21-20(11-14)27-24(15-4-7-17(8-5-15)36(2,34)35)31(21)13-22(32)29-30-23-18-12-16(26)6-9-19(18)28-25(23)33/h3-12,28,33H,13H2,1-2H3. The Morgan fingerprint density at radius 2 is 1.86 bits per heavy atom. The van der Waals surface area contributed by atoms with E-state index >= 15 is 0 Å². The number of aromatic hydroxyl groups is 1. The van der Waals surface area contributed by atoms with E-state index in [0.29, 0.717) is 38.3 Å². The molecule has 0 atom stereocenters. The van der Waals surface area contributed by atoms with Crippen molar-refractivity contribution in [3.8, 4) is 17.3 Å². The molecule has 3 aromatic carbocycles. The Morgan fingerprint density at radius 3 is 2.58 bits per heavy atom. The Kier molecular flexibility index (Phi) is 5.85. The van der Waals surface area contributed by atoms with Gasteiger partial charge in [-0.3, -0.25) is 4.79 Å². The number of carbonyl (C=O) groups excluding carboxylic acids is 1. The van der Waals surface area contributed by atoms with Crippen LogP contribution in [-0.2, 0) is 21.2 Å². The van der Waals surface area contributed by atoms with E-state index in [-0.39, 0.29) is 23.0 Å². The maximum Gasteiger partial charge on any atom is 0.284 e. The molecule has 9 nitrogen and oxygen atoms in total. The fraction of sp³-hybridized carbons (Fsp3) is 0.120. The smallest absolute Gasteiger partial charge is 0.284 e. The third-order valence-corrected chi connectivity index (χ3v) is 7.08. The highest BCUT2D eigenvalue weighted by Gasteiger charge is 2.17. The van der Waals surface area contributed by atoms with Crippen molar-refractivity contribution in [2.45, 2.75) is 18.4 Å². The number of aromatic amines is 1. The monoisotopic (exact) mass is 521 g/mol.